The average Bonchev–Trinajstić information content (AvgIpc) is 3.06. The maximum absolute atomic E-state index is 11.1. The molecule has 1 aliphatic carbocycles. The fraction of sp³-hybridized carbons (Fsp3) is 0.750. The quantitative estimate of drug-likeness (QED) is 0.893. The molecule has 0 unspecified atom stereocenters. The van der Waals surface area contributed by atoms with Gasteiger partial charge in [-0.15, -0.1) is 0 Å². The number of nitrogens with two attached hydrogens (primary N) is 1. The molecule has 1 amide bonds. The average molecular weight is 340 g/mol. The Morgan fingerprint density at radius 2 is 1.91 bits per heavy atom. The lowest BCUT2D eigenvalue weighted by molar-refractivity contribution is -0.178. The molecule has 0 atom stereocenters. The maximum Gasteiger partial charge on any atom is 0.410 e. The predicted molar refractivity (Wildman–Crippen MR) is 86.9 cm³/mol. The number of ether oxygens (including phenoxy) is 3. The first-order valence-electron chi connectivity index (χ1n) is 8.05. The number of hydrogen-bond donors (Lipinski definition) is 1. The van der Waals surface area contributed by atoms with Crippen molar-refractivity contribution < 1.29 is 19.0 Å². The number of primary amides is 1. The van der Waals surface area contributed by atoms with Crippen molar-refractivity contribution >= 4 is 17.4 Å². The third kappa shape index (κ3) is 3.51. The summed E-state index contributed by atoms with van der Waals surface area (Å²) in [7, 11) is 0. The molecule has 7 heteroatoms. The minimum absolute atomic E-state index is 0.201. The molecule has 0 bridgehead atoms. The molecular weight excluding hydrogens is 316 g/mol. The Morgan fingerprint density at radius 1 is 1.30 bits per heavy atom. The summed E-state index contributed by atoms with van der Waals surface area (Å²) in [5, 5.41) is 1.53. The van der Waals surface area contributed by atoms with Gasteiger partial charge in [-0.05, 0) is 12.8 Å². The van der Waals surface area contributed by atoms with Crippen LogP contribution in [0, 0.1) is 0 Å². The van der Waals surface area contributed by atoms with Gasteiger partial charge < -0.3 is 19.9 Å². The highest BCUT2D eigenvalue weighted by molar-refractivity contribution is 7.13. The van der Waals surface area contributed by atoms with E-state index in [-0.39, 0.29) is 11.2 Å². The number of amides is 1. The van der Waals surface area contributed by atoms with Crippen molar-refractivity contribution in [3.05, 3.63) is 10.7 Å². The fourth-order valence-corrected chi connectivity index (χ4v) is 4.52. The van der Waals surface area contributed by atoms with Crippen LogP contribution in [0.2, 0.25) is 0 Å². The van der Waals surface area contributed by atoms with Gasteiger partial charge in [0, 0.05) is 24.2 Å². The Morgan fingerprint density at radius 3 is 2.43 bits per heavy atom. The lowest BCUT2D eigenvalue weighted by Crippen LogP contribution is -2.34. The van der Waals surface area contributed by atoms with Crippen molar-refractivity contribution in [3.63, 3.8) is 0 Å². The lowest BCUT2D eigenvalue weighted by atomic mass is 9.85. The molecule has 6 nitrogen and oxygen atoms in total. The molecule has 2 aliphatic rings. The third-order valence-corrected chi connectivity index (χ3v) is 5.52. The Hall–Kier alpha value is -1.18. The summed E-state index contributed by atoms with van der Waals surface area (Å²) in [5.74, 6) is -0.0163. The molecule has 128 valence electrons. The number of rotatable bonds is 2. The SMILES string of the molecule is CC(C)(C)c1nc(C2CCC3(CC2)OCCO3)sc1OC(N)=O. The summed E-state index contributed by atoms with van der Waals surface area (Å²) < 4.78 is 16.7. The Kier molecular flexibility index (Phi) is 4.37. The monoisotopic (exact) mass is 340 g/mol. The Balaban J connectivity index is 1.78. The van der Waals surface area contributed by atoms with Gasteiger partial charge in [0.15, 0.2) is 5.79 Å². The van der Waals surface area contributed by atoms with Crippen LogP contribution in [0.4, 0.5) is 4.79 Å². The minimum Gasteiger partial charge on any atom is -0.397 e. The van der Waals surface area contributed by atoms with E-state index < -0.39 is 6.09 Å². The topological polar surface area (TPSA) is 83.7 Å². The van der Waals surface area contributed by atoms with Crippen LogP contribution < -0.4 is 10.5 Å². The standard InChI is InChI=1S/C16H24N2O4S/c1-15(2,3)11-13(22-14(17)19)23-12(18-11)10-4-6-16(7-5-10)20-8-9-21-16/h10H,4-9H2,1-3H3,(H2,17,19). The van der Waals surface area contributed by atoms with E-state index in [0.717, 1.165) is 36.4 Å². The zero-order valence-corrected chi connectivity index (χ0v) is 14.7. The summed E-state index contributed by atoms with van der Waals surface area (Å²) in [6.07, 6.45) is 2.91. The van der Waals surface area contributed by atoms with Crippen molar-refractivity contribution in [1.29, 1.82) is 0 Å². The summed E-state index contributed by atoms with van der Waals surface area (Å²) in [6, 6.07) is 0. The number of carbonyl (C=O) groups is 1. The second-order valence-electron chi connectivity index (χ2n) is 7.24. The summed E-state index contributed by atoms with van der Waals surface area (Å²) in [4.78, 5) is 15.9. The number of nitrogens with zero attached hydrogens (tertiary/aromatic N) is 1. The van der Waals surface area contributed by atoms with Gasteiger partial charge in [0.2, 0.25) is 5.06 Å². The molecule has 1 aliphatic heterocycles. The van der Waals surface area contributed by atoms with Gasteiger partial charge in [-0.1, -0.05) is 32.1 Å². The largest absolute Gasteiger partial charge is 0.410 e. The van der Waals surface area contributed by atoms with E-state index in [9.17, 15) is 4.79 Å². The highest BCUT2D eigenvalue weighted by atomic mass is 32.1. The Labute approximate surface area is 140 Å². The zero-order chi connectivity index (χ0) is 16.7. The minimum atomic E-state index is -0.791. The molecule has 1 aromatic heterocycles. The van der Waals surface area contributed by atoms with E-state index in [2.05, 4.69) is 20.8 Å². The van der Waals surface area contributed by atoms with Crippen LogP contribution in [-0.4, -0.2) is 30.1 Å². The van der Waals surface area contributed by atoms with E-state index in [4.69, 9.17) is 24.9 Å². The highest BCUT2D eigenvalue weighted by Gasteiger charge is 2.41. The highest BCUT2D eigenvalue weighted by Crippen LogP contribution is 2.46. The van der Waals surface area contributed by atoms with Crippen LogP contribution >= 0.6 is 11.3 Å². The normalized spacial score (nSPS) is 21.7. The molecule has 2 heterocycles. The van der Waals surface area contributed by atoms with Crippen molar-refractivity contribution in [2.75, 3.05) is 13.2 Å². The fourth-order valence-electron chi connectivity index (χ4n) is 3.22. The summed E-state index contributed by atoms with van der Waals surface area (Å²) >= 11 is 1.44. The van der Waals surface area contributed by atoms with Crippen molar-refractivity contribution in [1.82, 2.24) is 4.98 Å². The molecular formula is C16H24N2O4S. The Bertz CT molecular complexity index is 577. The smallest absolute Gasteiger partial charge is 0.397 e. The first-order valence-corrected chi connectivity index (χ1v) is 8.87. The van der Waals surface area contributed by atoms with Gasteiger partial charge in [-0.2, -0.15) is 0 Å². The lowest BCUT2D eigenvalue weighted by Gasteiger charge is -2.34. The molecule has 1 saturated heterocycles. The van der Waals surface area contributed by atoms with Crippen LogP contribution in [0.5, 0.6) is 5.06 Å². The first-order chi connectivity index (χ1) is 10.8. The van der Waals surface area contributed by atoms with Crippen LogP contribution in [0.3, 0.4) is 0 Å². The van der Waals surface area contributed by atoms with Gasteiger partial charge in [-0.3, -0.25) is 0 Å². The van der Waals surface area contributed by atoms with Gasteiger partial charge >= 0.3 is 6.09 Å². The second-order valence-corrected chi connectivity index (χ2v) is 8.23. The zero-order valence-electron chi connectivity index (χ0n) is 13.9. The number of carbonyl (C=O) groups excluding carboxylic acids is 1. The van der Waals surface area contributed by atoms with Crippen molar-refractivity contribution in [2.45, 2.75) is 63.6 Å². The van der Waals surface area contributed by atoms with Crippen molar-refractivity contribution in [2.24, 2.45) is 5.73 Å². The van der Waals surface area contributed by atoms with Crippen LogP contribution in [0.25, 0.3) is 0 Å². The number of thiazole rings is 1. The van der Waals surface area contributed by atoms with Gasteiger partial charge in [-0.25, -0.2) is 9.78 Å². The van der Waals surface area contributed by atoms with E-state index in [1.54, 1.807) is 0 Å². The second kappa shape index (κ2) is 6.03. The maximum atomic E-state index is 11.1. The third-order valence-electron chi connectivity index (χ3n) is 4.43. The molecule has 2 N–H and O–H groups in total. The van der Waals surface area contributed by atoms with Crippen molar-refractivity contribution in [3.8, 4) is 5.06 Å². The van der Waals surface area contributed by atoms with Gasteiger partial charge in [0.25, 0.3) is 0 Å². The summed E-state index contributed by atoms with van der Waals surface area (Å²) in [6.45, 7) is 7.53. The van der Waals surface area contributed by atoms with Gasteiger partial charge in [0.1, 0.15) is 5.69 Å². The first kappa shape index (κ1) is 16.7. The van der Waals surface area contributed by atoms with E-state index in [1.807, 2.05) is 0 Å². The molecule has 1 spiro atoms. The predicted octanol–water partition coefficient (Wildman–Crippen LogP) is 3.30. The van der Waals surface area contributed by atoms with Crippen LogP contribution in [0.1, 0.15) is 63.1 Å². The van der Waals surface area contributed by atoms with E-state index >= 15 is 0 Å². The molecule has 23 heavy (non-hydrogen) atoms. The molecule has 1 aromatic rings. The van der Waals surface area contributed by atoms with E-state index in [1.165, 1.54) is 11.3 Å². The van der Waals surface area contributed by atoms with Crippen LogP contribution in [-0.2, 0) is 14.9 Å². The molecule has 0 radical (unpaired) electrons. The summed E-state index contributed by atoms with van der Waals surface area (Å²) in [5.41, 5.74) is 5.78. The van der Waals surface area contributed by atoms with E-state index in [0.29, 0.717) is 24.2 Å². The van der Waals surface area contributed by atoms with Gasteiger partial charge in [0.05, 0.1) is 18.2 Å². The number of hydrogen-bond acceptors (Lipinski definition) is 6. The molecule has 0 aromatic carbocycles. The molecule has 2 fully saturated rings. The molecule has 1 saturated carbocycles. The molecule has 3 rings (SSSR count). The van der Waals surface area contributed by atoms with Crippen LogP contribution in [0.15, 0.2) is 0 Å². The number of aromatic nitrogens is 1.